The summed E-state index contributed by atoms with van der Waals surface area (Å²) in [6, 6.07) is 5.02. The highest BCUT2D eigenvalue weighted by atomic mass is 31.2. The number of likely N-dealkylation sites (tertiary alicyclic amines) is 1. The van der Waals surface area contributed by atoms with Gasteiger partial charge in [0, 0.05) is 13.1 Å². The summed E-state index contributed by atoms with van der Waals surface area (Å²) in [6.45, 7) is 4.23. The molecule has 0 radical (unpaired) electrons. The van der Waals surface area contributed by atoms with Gasteiger partial charge in [-0.2, -0.15) is 13.2 Å². The molecule has 1 heterocycles. The molecule has 3 rings (SSSR count). The van der Waals surface area contributed by atoms with Gasteiger partial charge in [0.15, 0.2) is 0 Å². The van der Waals surface area contributed by atoms with Crippen LogP contribution in [0.15, 0.2) is 24.3 Å². The van der Waals surface area contributed by atoms with Crippen LogP contribution < -0.4 is 0 Å². The summed E-state index contributed by atoms with van der Waals surface area (Å²) < 4.78 is 61.7. The summed E-state index contributed by atoms with van der Waals surface area (Å²) in [7, 11) is -3.49. The predicted octanol–water partition coefficient (Wildman–Crippen LogP) is 4.77. The lowest BCUT2D eigenvalue weighted by Crippen LogP contribution is -2.45. The minimum absolute atomic E-state index is 0.0109. The fourth-order valence-corrected chi connectivity index (χ4v) is 6.67. The highest BCUT2D eigenvalue weighted by molar-refractivity contribution is 7.53. The molecule has 33 heavy (non-hydrogen) atoms. The smallest absolute Gasteiger partial charge is 0.416 e. The summed E-state index contributed by atoms with van der Waals surface area (Å²) >= 11 is 0. The third kappa shape index (κ3) is 5.44. The summed E-state index contributed by atoms with van der Waals surface area (Å²) in [4.78, 5) is 26.8. The predicted molar refractivity (Wildman–Crippen MR) is 114 cm³/mol. The Morgan fingerprint density at radius 1 is 1.12 bits per heavy atom. The Labute approximate surface area is 190 Å². The molecule has 7 nitrogen and oxygen atoms in total. The number of amides is 1. The molecule has 1 saturated heterocycles. The maximum atomic E-state index is 13.2. The minimum atomic E-state index is -4.39. The molecule has 1 N–H and O–H groups in total. The first-order valence-electron chi connectivity index (χ1n) is 11.0. The summed E-state index contributed by atoms with van der Waals surface area (Å²) in [5, 5.41) is 9.84. The number of carbonyl (C=O) groups excluding carboxylic acids is 1. The van der Waals surface area contributed by atoms with E-state index in [2.05, 4.69) is 0 Å². The maximum Gasteiger partial charge on any atom is 0.416 e. The van der Waals surface area contributed by atoms with Gasteiger partial charge in [-0.1, -0.05) is 12.1 Å². The van der Waals surface area contributed by atoms with E-state index in [1.165, 1.54) is 17.0 Å². The van der Waals surface area contributed by atoms with Crippen LogP contribution in [-0.2, 0) is 29.4 Å². The topological polar surface area (TPSA) is 93.1 Å². The number of nitrogens with zero attached hydrogens (tertiary/aromatic N) is 1. The van der Waals surface area contributed by atoms with E-state index < -0.39 is 42.5 Å². The Kier molecular flexibility index (Phi) is 7.61. The fourth-order valence-electron chi connectivity index (χ4n) is 4.61. The molecule has 1 aliphatic heterocycles. The van der Waals surface area contributed by atoms with E-state index in [4.69, 9.17) is 9.05 Å². The number of halogens is 3. The molecule has 1 aromatic rings. The van der Waals surface area contributed by atoms with Gasteiger partial charge in [-0.05, 0) is 62.6 Å². The molecule has 1 aliphatic carbocycles. The van der Waals surface area contributed by atoms with Crippen LogP contribution in [0.4, 0.5) is 13.2 Å². The van der Waals surface area contributed by atoms with Gasteiger partial charge in [0.25, 0.3) is 0 Å². The van der Waals surface area contributed by atoms with Crippen molar-refractivity contribution in [3.05, 3.63) is 35.4 Å². The van der Waals surface area contributed by atoms with Gasteiger partial charge in [-0.15, -0.1) is 0 Å². The Morgan fingerprint density at radius 3 is 2.12 bits per heavy atom. The average molecular weight is 491 g/mol. The van der Waals surface area contributed by atoms with E-state index in [0.29, 0.717) is 25.9 Å². The zero-order chi connectivity index (χ0) is 24.4. The fraction of sp³-hybridized carbons (Fsp3) is 0.636. The zero-order valence-electron chi connectivity index (χ0n) is 18.6. The van der Waals surface area contributed by atoms with Crippen LogP contribution in [-0.4, -0.2) is 54.3 Å². The van der Waals surface area contributed by atoms with Gasteiger partial charge in [-0.3, -0.25) is 14.2 Å². The van der Waals surface area contributed by atoms with Crippen LogP contribution in [0.3, 0.4) is 0 Å². The summed E-state index contributed by atoms with van der Waals surface area (Å²) in [5.41, 5.74) is -1.58. The van der Waals surface area contributed by atoms with E-state index in [9.17, 15) is 32.4 Å². The molecule has 1 amide bonds. The van der Waals surface area contributed by atoms with Crippen molar-refractivity contribution in [2.75, 3.05) is 32.5 Å². The Balaban J connectivity index is 1.64. The largest absolute Gasteiger partial charge is 0.480 e. The number of alkyl halides is 3. The van der Waals surface area contributed by atoms with Crippen molar-refractivity contribution >= 4 is 19.5 Å². The molecule has 2 fully saturated rings. The first kappa shape index (κ1) is 25.7. The Morgan fingerprint density at radius 2 is 1.67 bits per heavy atom. The molecule has 1 saturated carbocycles. The van der Waals surface area contributed by atoms with Gasteiger partial charge >= 0.3 is 19.7 Å². The molecule has 0 bridgehead atoms. The van der Waals surface area contributed by atoms with E-state index in [-0.39, 0.29) is 31.7 Å². The molecule has 184 valence electrons. The summed E-state index contributed by atoms with van der Waals surface area (Å²) in [5.74, 6) is -2.41. The number of piperidine rings is 1. The standard InChI is InChI=1S/C22H29F3NO6P/c1-3-31-33(30,32-4-2)14-18-13-21(18,20(28)29)19(27)26-11-9-16(10-12-26)15-5-7-17(8-6-15)22(23,24)25/h5-8,16,18H,3-4,9-14H2,1-2H3,(H,28,29). The molecule has 2 unspecified atom stereocenters. The maximum absolute atomic E-state index is 13.2. The third-order valence-corrected chi connectivity index (χ3v) is 8.65. The van der Waals surface area contributed by atoms with Crippen molar-refractivity contribution < 1.29 is 41.5 Å². The Bertz CT molecular complexity index is 904. The lowest BCUT2D eigenvalue weighted by Gasteiger charge is -2.34. The number of carboxylic acid groups (broad SMARTS) is 1. The van der Waals surface area contributed by atoms with Crippen LogP contribution >= 0.6 is 7.60 Å². The van der Waals surface area contributed by atoms with E-state index >= 15 is 0 Å². The molecular formula is C22H29F3NO6P. The van der Waals surface area contributed by atoms with E-state index in [0.717, 1.165) is 17.7 Å². The van der Waals surface area contributed by atoms with Crippen molar-refractivity contribution in [3.63, 3.8) is 0 Å². The van der Waals surface area contributed by atoms with Crippen LogP contribution in [0.2, 0.25) is 0 Å². The molecule has 11 heteroatoms. The summed E-state index contributed by atoms with van der Waals surface area (Å²) in [6.07, 6.45) is -3.41. The second-order valence-electron chi connectivity index (χ2n) is 8.49. The van der Waals surface area contributed by atoms with Crippen LogP contribution in [0.5, 0.6) is 0 Å². The van der Waals surface area contributed by atoms with Crippen LogP contribution in [0, 0.1) is 11.3 Å². The molecular weight excluding hydrogens is 462 g/mol. The zero-order valence-corrected chi connectivity index (χ0v) is 19.5. The highest BCUT2D eigenvalue weighted by Gasteiger charge is 2.68. The molecule has 0 spiro atoms. The van der Waals surface area contributed by atoms with E-state index in [1.807, 2.05) is 0 Å². The monoisotopic (exact) mass is 491 g/mol. The van der Waals surface area contributed by atoms with Crippen molar-refractivity contribution in [1.29, 1.82) is 0 Å². The highest BCUT2D eigenvalue weighted by Crippen LogP contribution is 2.62. The number of aliphatic carboxylic acids is 1. The lowest BCUT2D eigenvalue weighted by atomic mass is 9.88. The second kappa shape index (κ2) is 9.76. The number of benzene rings is 1. The van der Waals surface area contributed by atoms with Gasteiger partial charge in [0.1, 0.15) is 5.41 Å². The van der Waals surface area contributed by atoms with Gasteiger partial charge in [-0.25, -0.2) is 0 Å². The van der Waals surface area contributed by atoms with Crippen molar-refractivity contribution in [2.45, 2.75) is 45.2 Å². The van der Waals surface area contributed by atoms with Gasteiger partial charge in [0.2, 0.25) is 5.91 Å². The average Bonchev–Trinajstić information content (AvgIpc) is 3.47. The lowest BCUT2D eigenvalue weighted by molar-refractivity contribution is -0.154. The SMILES string of the molecule is CCOP(=O)(CC1CC1(C(=O)O)C(=O)N1CCC(c2ccc(C(F)(F)F)cc2)CC1)OCC. The van der Waals surface area contributed by atoms with Crippen LogP contribution in [0.25, 0.3) is 0 Å². The van der Waals surface area contributed by atoms with E-state index in [1.54, 1.807) is 13.8 Å². The minimum Gasteiger partial charge on any atom is -0.480 e. The first-order chi connectivity index (χ1) is 15.5. The van der Waals surface area contributed by atoms with Crippen molar-refractivity contribution in [1.82, 2.24) is 4.90 Å². The quantitative estimate of drug-likeness (QED) is 0.395. The second-order valence-corrected chi connectivity index (χ2v) is 10.6. The number of rotatable bonds is 9. The number of carbonyl (C=O) groups is 2. The normalized spacial score (nSPS) is 24.0. The van der Waals surface area contributed by atoms with Crippen LogP contribution in [0.1, 0.15) is 50.2 Å². The van der Waals surface area contributed by atoms with Crippen molar-refractivity contribution in [2.24, 2.45) is 11.3 Å². The molecule has 1 aromatic carbocycles. The first-order valence-corrected chi connectivity index (χ1v) is 12.8. The molecule has 2 atom stereocenters. The third-order valence-electron chi connectivity index (χ3n) is 6.46. The van der Waals surface area contributed by atoms with Gasteiger partial charge in [0.05, 0.1) is 24.9 Å². The Hall–Kier alpha value is -1.90. The van der Waals surface area contributed by atoms with Crippen molar-refractivity contribution in [3.8, 4) is 0 Å². The number of hydrogen-bond donors (Lipinski definition) is 1. The molecule has 2 aliphatic rings. The van der Waals surface area contributed by atoms with Gasteiger partial charge < -0.3 is 19.1 Å². The number of hydrogen-bond acceptors (Lipinski definition) is 5. The molecule has 0 aromatic heterocycles. The number of carboxylic acids is 1.